The van der Waals surface area contributed by atoms with Gasteiger partial charge in [0.25, 0.3) is 5.92 Å². The summed E-state index contributed by atoms with van der Waals surface area (Å²) in [5.41, 5.74) is -3.27. The van der Waals surface area contributed by atoms with E-state index in [-0.39, 0.29) is 22.0 Å². The van der Waals surface area contributed by atoms with E-state index in [4.69, 9.17) is 21.1 Å². The Balaban J connectivity index is 1.67. The maximum absolute atomic E-state index is 15.8. The van der Waals surface area contributed by atoms with Crippen molar-refractivity contribution in [2.24, 2.45) is 0 Å². The van der Waals surface area contributed by atoms with Gasteiger partial charge in [-0.3, -0.25) is 9.69 Å². The van der Waals surface area contributed by atoms with Crippen molar-refractivity contribution in [2.75, 3.05) is 18.1 Å². The van der Waals surface area contributed by atoms with Crippen molar-refractivity contribution < 1.29 is 41.4 Å². The normalized spacial score (nSPS) is 18.8. The zero-order valence-corrected chi connectivity index (χ0v) is 26.8. The Kier molecular flexibility index (Phi) is 9.93. The van der Waals surface area contributed by atoms with Gasteiger partial charge in [0, 0.05) is 23.6 Å². The molecule has 4 rings (SSSR count). The predicted molar refractivity (Wildman–Crippen MR) is 165 cm³/mol. The fourth-order valence-corrected chi connectivity index (χ4v) is 6.17. The molecule has 0 unspecified atom stereocenters. The Hall–Kier alpha value is -3.58. The number of ether oxygens (including phenoxy) is 2. The predicted octanol–water partition coefficient (Wildman–Crippen LogP) is 5.75. The summed E-state index contributed by atoms with van der Waals surface area (Å²) in [5, 5.41) is 11.6. The van der Waals surface area contributed by atoms with Gasteiger partial charge in [0.2, 0.25) is 10.0 Å². The molecule has 0 spiro atoms. The van der Waals surface area contributed by atoms with Gasteiger partial charge in [-0.25, -0.2) is 22.0 Å². The minimum atomic E-state index is -4.25. The van der Waals surface area contributed by atoms with Gasteiger partial charge >= 0.3 is 12.1 Å². The lowest BCUT2D eigenvalue weighted by atomic mass is 9.86. The largest absolute Gasteiger partial charge is 0.461 e. The summed E-state index contributed by atoms with van der Waals surface area (Å²) in [4.78, 5) is 27.4. The molecule has 0 fully saturated rings. The van der Waals surface area contributed by atoms with E-state index in [1.165, 1.54) is 24.3 Å². The molecule has 1 amide bonds. The molecule has 3 aromatic carbocycles. The number of fused-ring (bicyclic) bond motifs is 1. The first-order valence-corrected chi connectivity index (χ1v) is 16.0. The van der Waals surface area contributed by atoms with Crippen molar-refractivity contribution >= 4 is 39.4 Å². The molecular formula is C32H35ClF2N2O7S. The molecule has 1 aliphatic heterocycles. The highest BCUT2D eigenvalue weighted by atomic mass is 35.5. The number of aliphatic hydroxyl groups is 1. The first kappa shape index (κ1) is 34.3. The second kappa shape index (κ2) is 13.0. The van der Waals surface area contributed by atoms with Crippen LogP contribution < -0.4 is 9.62 Å². The molecule has 45 heavy (non-hydrogen) atoms. The molecule has 242 valence electrons. The van der Waals surface area contributed by atoms with E-state index in [9.17, 15) is 23.1 Å². The van der Waals surface area contributed by atoms with Gasteiger partial charge in [0.1, 0.15) is 18.2 Å². The molecular weight excluding hydrogens is 630 g/mol. The highest BCUT2D eigenvalue weighted by Crippen LogP contribution is 2.48. The molecule has 0 radical (unpaired) electrons. The number of carbonyl (C=O) groups is 2. The lowest BCUT2D eigenvalue weighted by Gasteiger charge is -2.35. The van der Waals surface area contributed by atoms with Crippen LogP contribution in [0.5, 0.6) is 0 Å². The Bertz CT molecular complexity index is 1650. The first-order valence-electron chi connectivity index (χ1n) is 14.1. The van der Waals surface area contributed by atoms with Gasteiger partial charge < -0.3 is 14.6 Å². The maximum Gasteiger partial charge on any atom is 0.414 e. The van der Waals surface area contributed by atoms with Gasteiger partial charge in [0.05, 0.1) is 10.6 Å². The molecule has 0 aromatic heterocycles. The molecule has 2 atom stereocenters. The van der Waals surface area contributed by atoms with E-state index >= 15 is 8.78 Å². The highest BCUT2D eigenvalue weighted by molar-refractivity contribution is 7.89. The van der Waals surface area contributed by atoms with Crippen LogP contribution in [0, 0.1) is 6.92 Å². The number of rotatable bonds is 8. The van der Waals surface area contributed by atoms with Crippen molar-refractivity contribution in [1.29, 1.82) is 0 Å². The van der Waals surface area contributed by atoms with E-state index in [0.717, 1.165) is 16.5 Å². The number of benzene rings is 3. The zero-order chi connectivity index (χ0) is 33.2. The molecule has 0 bridgehead atoms. The first-order chi connectivity index (χ1) is 20.9. The fourth-order valence-electron chi connectivity index (χ4n) is 4.81. The van der Waals surface area contributed by atoms with Crippen molar-refractivity contribution in [3.8, 4) is 0 Å². The quantitative estimate of drug-likeness (QED) is 0.294. The van der Waals surface area contributed by atoms with E-state index in [1.54, 1.807) is 70.2 Å². The number of esters is 1. The Labute approximate surface area is 266 Å². The SMILES string of the molecule is Cc1ccc(S(=O)(=O)N[C@@H](Cc2ccccc2)C(=O)OC[C@@]2(O)c3cc(Cl)ccc3N(C(=O)OC(C)(C)C)CCC2(F)F)cc1. The average Bonchev–Trinajstić information content (AvgIpc) is 3.03. The van der Waals surface area contributed by atoms with Gasteiger partial charge in [-0.05, 0) is 70.0 Å². The number of nitrogens with one attached hydrogen (secondary N) is 1. The number of nitrogens with zero attached hydrogens (tertiary/aromatic N) is 1. The summed E-state index contributed by atoms with van der Waals surface area (Å²) in [5.74, 6) is -5.13. The summed E-state index contributed by atoms with van der Waals surface area (Å²) in [7, 11) is -4.25. The van der Waals surface area contributed by atoms with Crippen molar-refractivity contribution in [1.82, 2.24) is 4.72 Å². The summed E-state index contributed by atoms with van der Waals surface area (Å²) < 4.78 is 71.2. The number of carbonyl (C=O) groups excluding carboxylic acids is 2. The zero-order valence-electron chi connectivity index (χ0n) is 25.2. The molecule has 13 heteroatoms. The second-order valence-corrected chi connectivity index (χ2v) is 14.0. The molecule has 9 nitrogen and oxygen atoms in total. The van der Waals surface area contributed by atoms with Crippen LogP contribution in [-0.2, 0) is 36.3 Å². The number of hydrogen-bond acceptors (Lipinski definition) is 7. The Morgan fingerprint density at radius 1 is 1.07 bits per heavy atom. The van der Waals surface area contributed by atoms with Crippen molar-refractivity contribution in [3.63, 3.8) is 0 Å². The highest BCUT2D eigenvalue weighted by Gasteiger charge is 2.58. The number of alkyl halides is 2. The summed E-state index contributed by atoms with van der Waals surface area (Å²) in [6.45, 7) is 4.84. The smallest absolute Gasteiger partial charge is 0.414 e. The van der Waals surface area contributed by atoms with E-state index in [2.05, 4.69) is 4.72 Å². The Morgan fingerprint density at radius 3 is 2.33 bits per heavy atom. The number of amides is 1. The Morgan fingerprint density at radius 2 is 1.71 bits per heavy atom. The van der Waals surface area contributed by atoms with Crippen LogP contribution in [0.25, 0.3) is 0 Å². The third kappa shape index (κ3) is 7.99. The van der Waals surface area contributed by atoms with Gasteiger partial charge in [-0.2, -0.15) is 4.72 Å². The number of hydrogen-bond donors (Lipinski definition) is 2. The van der Waals surface area contributed by atoms with Crippen molar-refractivity contribution in [2.45, 2.75) is 68.6 Å². The standard InChI is InChI=1S/C32H35ClF2N2O7S/c1-21-10-13-24(14-11-21)45(41,42)36-26(18-22-8-6-5-7-9-22)28(38)43-20-31(40)25-19-23(33)12-15-27(25)37(17-16-32(31,34)35)29(39)44-30(2,3)4/h5-15,19,26,36,40H,16-18,20H2,1-4H3/t26-,31+/m0/s1. The lowest BCUT2D eigenvalue weighted by Crippen LogP contribution is -2.51. The fraction of sp³-hybridized carbons (Fsp3) is 0.375. The minimum absolute atomic E-state index is 0.0202. The second-order valence-electron chi connectivity index (χ2n) is 11.9. The number of halogens is 3. The molecule has 0 saturated heterocycles. The van der Waals surface area contributed by atoms with Crippen molar-refractivity contribution in [3.05, 3.63) is 94.5 Å². The van der Waals surface area contributed by atoms with E-state index < -0.39 is 70.4 Å². The van der Waals surface area contributed by atoms with Gasteiger partial charge in [-0.15, -0.1) is 0 Å². The number of sulfonamides is 1. The van der Waals surface area contributed by atoms with Crippen LogP contribution in [0.15, 0.2) is 77.7 Å². The molecule has 0 aliphatic carbocycles. The molecule has 3 aromatic rings. The molecule has 1 heterocycles. The number of aryl methyl sites for hydroxylation is 1. The van der Waals surface area contributed by atoms with E-state index in [0.29, 0.717) is 5.56 Å². The van der Waals surface area contributed by atoms with Gasteiger partial charge in [-0.1, -0.05) is 59.6 Å². The van der Waals surface area contributed by atoms with Crippen LogP contribution in [0.3, 0.4) is 0 Å². The van der Waals surface area contributed by atoms with E-state index in [1.807, 2.05) is 0 Å². The van der Waals surface area contributed by atoms with Crippen LogP contribution in [-0.4, -0.2) is 56.3 Å². The molecule has 1 aliphatic rings. The third-order valence-electron chi connectivity index (χ3n) is 7.18. The van der Waals surface area contributed by atoms with Crippen LogP contribution >= 0.6 is 11.6 Å². The van der Waals surface area contributed by atoms with Crippen LogP contribution in [0.4, 0.5) is 19.3 Å². The van der Waals surface area contributed by atoms with Crippen LogP contribution in [0.2, 0.25) is 5.02 Å². The molecule has 0 saturated carbocycles. The summed E-state index contributed by atoms with van der Waals surface area (Å²) in [6.07, 6.45) is -2.11. The summed E-state index contributed by atoms with van der Waals surface area (Å²) >= 11 is 6.15. The van der Waals surface area contributed by atoms with Crippen LogP contribution in [0.1, 0.15) is 43.9 Å². The monoisotopic (exact) mass is 664 g/mol. The average molecular weight is 665 g/mol. The third-order valence-corrected chi connectivity index (χ3v) is 8.91. The topological polar surface area (TPSA) is 122 Å². The number of anilines is 1. The molecule has 2 N–H and O–H groups in total. The van der Waals surface area contributed by atoms with Gasteiger partial charge in [0.15, 0.2) is 5.60 Å². The summed E-state index contributed by atoms with van der Waals surface area (Å²) in [6, 6.07) is 16.6. The maximum atomic E-state index is 15.8. The lowest BCUT2D eigenvalue weighted by molar-refractivity contribution is -0.214. The minimum Gasteiger partial charge on any atom is -0.461 e.